The van der Waals surface area contributed by atoms with Crippen LogP contribution in [-0.4, -0.2) is 22.4 Å². The van der Waals surface area contributed by atoms with Crippen molar-refractivity contribution < 1.29 is 4.79 Å². The Morgan fingerprint density at radius 2 is 2.19 bits per heavy atom. The van der Waals surface area contributed by atoms with Gasteiger partial charge in [0.15, 0.2) is 0 Å². The number of nitrogens with zero attached hydrogens (tertiary/aromatic N) is 2. The molecule has 0 aliphatic heterocycles. The fraction of sp³-hybridized carbons (Fsp3) is 0.400. The van der Waals surface area contributed by atoms with Gasteiger partial charge < -0.3 is 10.6 Å². The quantitative estimate of drug-likeness (QED) is 0.861. The van der Waals surface area contributed by atoms with Gasteiger partial charge in [0.2, 0.25) is 0 Å². The first-order valence-corrected chi connectivity index (χ1v) is 7.91. The van der Waals surface area contributed by atoms with E-state index in [1.807, 2.05) is 20.0 Å². The first kappa shape index (κ1) is 15.4. The van der Waals surface area contributed by atoms with Crippen molar-refractivity contribution in [2.45, 2.75) is 33.2 Å². The number of carbonyl (C=O) groups is 1. The van der Waals surface area contributed by atoms with E-state index in [1.165, 1.54) is 4.88 Å². The molecule has 0 saturated carbocycles. The zero-order chi connectivity index (χ0) is 15.2. The minimum Gasteiger partial charge on any atom is -0.370 e. The molecule has 6 heteroatoms. The topological polar surface area (TPSA) is 66.9 Å². The SMILES string of the molecule is CCNc1ncccc1C(=O)NC(C)c1ncc(CC)s1. The van der Waals surface area contributed by atoms with Crippen LogP contribution in [0.3, 0.4) is 0 Å². The molecule has 0 spiro atoms. The van der Waals surface area contributed by atoms with Gasteiger partial charge in [0.1, 0.15) is 10.8 Å². The van der Waals surface area contributed by atoms with E-state index in [-0.39, 0.29) is 11.9 Å². The Bertz CT molecular complexity index is 611. The average Bonchev–Trinajstić information content (AvgIpc) is 2.97. The van der Waals surface area contributed by atoms with Crippen LogP contribution in [-0.2, 0) is 6.42 Å². The number of amides is 1. The van der Waals surface area contributed by atoms with Crippen LogP contribution in [0, 0.1) is 0 Å². The third-order valence-corrected chi connectivity index (χ3v) is 4.36. The molecule has 0 radical (unpaired) electrons. The van der Waals surface area contributed by atoms with Gasteiger partial charge in [-0.1, -0.05) is 6.92 Å². The predicted octanol–water partition coefficient (Wildman–Crippen LogP) is 3.02. The van der Waals surface area contributed by atoms with Crippen molar-refractivity contribution in [1.29, 1.82) is 0 Å². The first-order chi connectivity index (χ1) is 10.2. The van der Waals surface area contributed by atoms with Crippen molar-refractivity contribution in [3.63, 3.8) is 0 Å². The molecule has 0 aliphatic rings. The van der Waals surface area contributed by atoms with Crippen molar-refractivity contribution >= 4 is 23.1 Å². The van der Waals surface area contributed by atoms with Crippen molar-refractivity contribution in [2.75, 3.05) is 11.9 Å². The van der Waals surface area contributed by atoms with Crippen LogP contribution in [0.4, 0.5) is 5.82 Å². The molecule has 112 valence electrons. The van der Waals surface area contributed by atoms with Crippen LogP contribution < -0.4 is 10.6 Å². The zero-order valence-electron chi connectivity index (χ0n) is 12.5. The van der Waals surface area contributed by atoms with E-state index in [2.05, 4.69) is 27.5 Å². The summed E-state index contributed by atoms with van der Waals surface area (Å²) in [7, 11) is 0. The van der Waals surface area contributed by atoms with E-state index >= 15 is 0 Å². The molecule has 21 heavy (non-hydrogen) atoms. The molecule has 0 bridgehead atoms. The number of rotatable bonds is 6. The fourth-order valence-corrected chi connectivity index (χ4v) is 2.78. The molecule has 1 unspecified atom stereocenters. The molecule has 1 amide bonds. The second kappa shape index (κ2) is 7.17. The fourth-order valence-electron chi connectivity index (χ4n) is 1.92. The Kier molecular flexibility index (Phi) is 5.27. The Morgan fingerprint density at radius 3 is 2.86 bits per heavy atom. The molecular formula is C15H20N4OS. The largest absolute Gasteiger partial charge is 0.370 e. The third-order valence-electron chi connectivity index (χ3n) is 3.03. The summed E-state index contributed by atoms with van der Waals surface area (Å²) in [6.45, 7) is 6.73. The smallest absolute Gasteiger partial charge is 0.255 e. The summed E-state index contributed by atoms with van der Waals surface area (Å²) >= 11 is 1.64. The normalized spacial score (nSPS) is 12.0. The highest BCUT2D eigenvalue weighted by atomic mass is 32.1. The lowest BCUT2D eigenvalue weighted by molar-refractivity contribution is 0.0940. The maximum absolute atomic E-state index is 12.4. The first-order valence-electron chi connectivity index (χ1n) is 7.10. The van der Waals surface area contributed by atoms with Crippen LogP contribution in [0.25, 0.3) is 0 Å². The molecule has 2 aromatic rings. The molecular weight excluding hydrogens is 284 g/mol. The summed E-state index contributed by atoms with van der Waals surface area (Å²) in [6.07, 6.45) is 4.51. The van der Waals surface area contributed by atoms with E-state index in [9.17, 15) is 4.79 Å². The highest BCUT2D eigenvalue weighted by Gasteiger charge is 2.17. The Hall–Kier alpha value is -1.95. The maximum Gasteiger partial charge on any atom is 0.255 e. The van der Waals surface area contributed by atoms with Gasteiger partial charge in [-0.3, -0.25) is 4.79 Å². The van der Waals surface area contributed by atoms with Crippen LogP contribution in [0.5, 0.6) is 0 Å². The van der Waals surface area contributed by atoms with E-state index < -0.39 is 0 Å². The summed E-state index contributed by atoms with van der Waals surface area (Å²) in [5.41, 5.74) is 0.554. The average molecular weight is 304 g/mol. The van der Waals surface area contributed by atoms with Crippen molar-refractivity contribution in [3.05, 3.63) is 40.0 Å². The number of nitrogens with one attached hydrogen (secondary N) is 2. The van der Waals surface area contributed by atoms with Gasteiger partial charge in [-0.05, 0) is 32.4 Å². The molecule has 2 heterocycles. The summed E-state index contributed by atoms with van der Waals surface area (Å²) in [5, 5.41) is 7.00. The van der Waals surface area contributed by atoms with E-state index in [4.69, 9.17) is 0 Å². The van der Waals surface area contributed by atoms with Gasteiger partial charge in [0.25, 0.3) is 5.91 Å². The standard InChI is InChI=1S/C15H20N4OS/c1-4-11-9-18-15(21-11)10(3)19-14(20)12-7-6-8-17-13(12)16-5-2/h6-10H,4-5H2,1-3H3,(H,16,17)(H,19,20). The summed E-state index contributed by atoms with van der Waals surface area (Å²) in [5.74, 6) is 0.470. The number of carbonyl (C=O) groups excluding carboxylic acids is 1. The molecule has 1 atom stereocenters. The van der Waals surface area contributed by atoms with Gasteiger partial charge >= 0.3 is 0 Å². The molecule has 2 N–H and O–H groups in total. The van der Waals surface area contributed by atoms with Gasteiger partial charge in [-0.15, -0.1) is 11.3 Å². The third kappa shape index (κ3) is 3.78. The molecule has 0 fully saturated rings. The van der Waals surface area contributed by atoms with E-state index in [0.29, 0.717) is 11.4 Å². The minimum absolute atomic E-state index is 0.113. The minimum atomic E-state index is -0.139. The lowest BCUT2D eigenvalue weighted by Crippen LogP contribution is -2.27. The molecule has 2 aromatic heterocycles. The predicted molar refractivity (Wildman–Crippen MR) is 85.8 cm³/mol. The number of hydrogen-bond acceptors (Lipinski definition) is 5. The number of anilines is 1. The van der Waals surface area contributed by atoms with Gasteiger partial charge in [-0.25, -0.2) is 9.97 Å². The van der Waals surface area contributed by atoms with E-state index in [1.54, 1.807) is 29.7 Å². The van der Waals surface area contributed by atoms with Crippen LogP contribution in [0.2, 0.25) is 0 Å². The Balaban J connectivity index is 2.10. The van der Waals surface area contributed by atoms with Crippen molar-refractivity contribution in [3.8, 4) is 0 Å². The molecule has 5 nitrogen and oxygen atoms in total. The van der Waals surface area contributed by atoms with E-state index in [0.717, 1.165) is 18.0 Å². The number of aromatic nitrogens is 2. The summed E-state index contributed by atoms with van der Waals surface area (Å²) < 4.78 is 0. The summed E-state index contributed by atoms with van der Waals surface area (Å²) in [6, 6.07) is 3.42. The number of aryl methyl sites for hydroxylation is 1. The number of pyridine rings is 1. The zero-order valence-corrected chi connectivity index (χ0v) is 13.3. The Morgan fingerprint density at radius 1 is 1.38 bits per heavy atom. The Labute approximate surface area is 128 Å². The van der Waals surface area contributed by atoms with Gasteiger partial charge in [-0.2, -0.15) is 0 Å². The molecule has 0 saturated heterocycles. The second-order valence-corrected chi connectivity index (χ2v) is 5.79. The van der Waals surface area contributed by atoms with Crippen LogP contribution >= 0.6 is 11.3 Å². The number of thiazole rings is 1. The van der Waals surface area contributed by atoms with Crippen LogP contribution in [0.1, 0.15) is 47.1 Å². The lowest BCUT2D eigenvalue weighted by atomic mass is 10.2. The highest BCUT2D eigenvalue weighted by molar-refractivity contribution is 7.11. The molecule has 0 aromatic carbocycles. The lowest BCUT2D eigenvalue weighted by Gasteiger charge is -2.13. The van der Waals surface area contributed by atoms with Crippen molar-refractivity contribution in [2.24, 2.45) is 0 Å². The number of hydrogen-bond donors (Lipinski definition) is 2. The summed E-state index contributed by atoms with van der Waals surface area (Å²) in [4.78, 5) is 22.2. The highest BCUT2D eigenvalue weighted by Crippen LogP contribution is 2.21. The van der Waals surface area contributed by atoms with Gasteiger partial charge in [0.05, 0.1) is 11.6 Å². The molecule has 2 rings (SSSR count). The van der Waals surface area contributed by atoms with Crippen molar-refractivity contribution in [1.82, 2.24) is 15.3 Å². The van der Waals surface area contributed by atoms with Gasteiger partial charge in [0, 0.05) is 23.8 Å². The molecule has 0 aliphatic carbocycles. The second-order valence-electron chi connectivity index (χ2n) is 4.64. The maximum atomic E-state index is 12.4. The van der Waals surface area contributed by atoms with Crippen LogP contribution in [0.15, 0.2) is 24.5 Å². The monoisotopic (exact) mass is 304 g/mol.